The maximum atomic E-state index is 6.26. The largest absolute Gasteiger partial charge is 0.493 e. The van der Waals surface area contributed by atoms with Gasteiger partial charge < -0.3 is 25.4 Å². The van der Waals surface area contributed by atoms with Crippen LogP contribution in [0.4, 0.5) is 5.69 Å². The van der Waals surface area contributed by atoms with Crippen LogP contribution in [0.5, 0.6) is 11.5 Å². The lowest BCUT2D eigenvalue weighted by atomic mass is 10.0. The Morgan fingerprint density at radius 1 is 1.00 bits per heavy atom. The van der Waals surface area contributed by atoms with Crippen LogP contribution in [0.25, 0.3) is 0 Å². The van der Waals surface area contributed by atoms with E-state index in [0.29, 0.717) is 31.2 Å². The molecular formula is C32H48N4O3Si. The summed E-state index contributed by atoms with van der Waals surface area (Å²) in [5.74, 6) is 11.5. The van der Waals surface area contributed by atoms with E-state index in [0.717, 1.165) is 81.1 Å². The minimum atomic E-state index is -1.50. The first-order valence-electron chi connectivity index (χ1n) is 14.7. The maximum Gasteiger partial charge on any atom is 0.161 e. The molecule has 2 aromatic rings. The molecule has 0 amide bonds. The number of ether oxygens (including phenoxy) is 3. The van der Waals surface area contributed by atoms with E-state index in [1.54, 1.807) is 0 Å². The average molecular weight is 565 g/mol. The summed E-state index contributed by atoms with van der Waals surface area (Å²) in [6.45, 7) is 16.8. The van der Waals surface area contributed by atoms with Crippen molar-refractivity contribution >= 4 is 19.6 Å². The van der Waals surface area contributed by atoms with E-state index in [-0.39, 0.29) is 0 Å². The highest BCUT2D eigenvalue weighted by molar-refractivity contribution is 6.83. The van der Waals surface area contributed by atoms with Gasteiger partial charge >= 0.3 is 0 Å². The second kappa shape index (κ2) is 16.3. The standard InChI is InChI=1S/C32H48N4O3Si/c1-6-8-18-38-30-24-31(39-19-9-7-2)29(23-27(30)11-10-22-40(3,4)5)32(35-33)34-28-14-12-26(13-15-28)25-36-16-20-37-21-17-36/h12-15,23-24H,6-9,11,16-21,25,33H2,1-5H3,(H,34,35). The Bertz CT molecular complexity index is 1140. The molecule has 218 valence electrons. The van der Waals surface area contributed by atoms with Crippen LogP contribution in [0.1, 0.15) is 56.2 Å². The highest BCUT2D eigenvalue weighted by Crippen LogP contribution is 2.31. The highest BCUT2D eigenvalue weighted by atomic mass is 28.3. The van der Waals surface area contributed by atoms with Gasteiger partial charge in [-0.05, 0) is 36.6 Å². The summed E-state index contributed by atoms with van der Waals surface area (Å²) in [5, 5.41) is 7.59. The van der Waals surface area contributed by atoms with Crippen molar-refractivity contribution in [2.24, 2.45) is 10.9 Å². The number of nitrogens with two attached hydrogens (primary N) is 1. The maximum absolute atomic E-state index is 6.26. The highest BCUT2D eigenvalue weighted by Gasteiger charge is 2.18. The topological polar surface area (TPSA) is 81.3 Å². The Morgan fingerprint density at radius 2 is 1.65 bits per heavy atom. The van der Waals surface area contributed by atoms with Crippen molar-refractivity contribution < 1.29 is 14.2 Å². The van der Waals surface area contributed by atoms with E-state index >= 15 is 0 Å². The molecule has 0 aromatic heterocycles. The van der Waals surface area contributed by atoms with Crippen molar-refractivity contribution in [3.8, 4) is 23.0 Å². The zero-order valence-electron chi connectivity index (χ0n) is 25.1. The third-order valence-electron chi connectivity index (χ3n) is 6.53. The number of hydrazone groups is 1. The second-order valence-electron chi connectivity index (χ2n) is 11.3. The molecule has 2 aromatic carbocycles. The van der Waals surface area contributed by atoms with Crippen LogP contribution in [0.15, 0.2) is 41.5 Å². The second-order valence-corrected chi connectivity index (χ2v) is 16.0. The summed E-state index contributed by atoms with van der Waals surface area (Å²) in [6.07, 6.45) is 4.67. The van der Waals surface area contributed by atoms with Crippen LogP contribution in [0, 0.1) is 11.5 Å². The molecule has 0 spiro atoms. The number of rotatable bonds is 13. The number of hydrogen-bond donors (Lipinski definition) is 2. The molecule has 40 heavy (non-hydrogen) atoms. The van der Waals surface area contributed by atoms with Crippen LogP contribution in [0.3, 0.4) is 0 Å². The molecule has 0 saturated carbocycles. The van der Waals surface area contributed by atoms with Crippen LogP contribution >= 0.6 is 0 Å². The number of unbranched alkanes of at least 4 members (excludes halogenated alkanes) is 2. The molecule has 3 N–H and O–H groups in total. The number of nitrogens with one attached hydrogen (secondary N) is 1. The van der Waals surface area contributed by atoms with Crippen molar-refractivity contribution in [2.75, 3.05) is 44.8 Å². The fraction of sp³-hybridized carbons (Fsp3) is 0.531. The fourth-order valence-electron chi connectivity index (χ4n) is 4.26. The average Bonchev–Trinajstić information content (AvgIpc) is 2.94. The lowest BCUT2D eigenvalue weighted by Crippen LogP contribution is -2.35. The van der Waals surface area contributed by atoms with Crippen LogP contribution in [-0.4, -0.2) is 58.3 Å². The molecule has 0 aliphatic carbocycles. The van der Waals surface area contributed by atoms with Crippen molar-refractivity contribution in [3.05, 3.63) is 53.1 Å². The van der Waals surface area contributed by atoms with Gasteiger partial charge in [0, 0.05) is 43.4 Å². The fourth-order valence-corrected chi connectivity index (χ4v) is 4.88. The van der Waals surface area contributed by atoms with Gasteiger partial charge in [0.15, 0.2) is 5.84 Å². The van der Waals surface area contributed by atoms with Gasteiger partial charge in [0.25, 0.3) is 0 Å². The smallest absolute Gasteiger partial charge is 0.161 e. The van der Waals surface area contributed by atoms with Crippen LogP contribution in [0.2, 0.25) is 19.6 Å². The molecule has 0 atom stereocenters. The Hall–Kier alpha value is -2.99. The van der Waals surface area contributed by atoms with E-state index in [4.69, 9.17) is 20.1 Å². The summed E-state index contributed by atoms with van der Waals surface area (Å²) in [6, 6.07) is 12.5. The molecule has 0 bridgehead atoms. The monoisotopic (exact) mass is 564 g/mol. The van der Waals surface area contributed by atoms with Crippen LogP contribution in [-0.2, 0) is 17.7 Å². The molecule has 1 fully saturated rings. The third kappa shape index (κ3) is 10.5. The Balaban J connectivity index is 1.88. The van der Waals surface area contributed by atoms with Gasteiger partial charge in [-0.2, -0.15) is 5.10 Å². The number of nitrogens with zero attached hydrogens (tertiary/aromatic N) is 2. The number of hydrogen-bond acceptors (Lipinski definition) is 6. The summed E-state index contributed by atoms with van der Waals surface area (Å²) in [7, 11) is -1.50. The van der Waals surface area contributed by atoms with Gasteiger partial charge in [-0.3, -0.25) is 4.90 Å². The predicted octanol–water partition coefficient (Wildman–Crippen LogP) is 6.03. The van der Waals surface area contributed by atoms with Gasteiger partial charge in [0.1, 0.15) is 19.6 Å². The molecule has 1 saturated heterocycles. The van der Waals surface area contributed by atoms with Crippen LogP contribution < -0.4 is 20.6 Å². The van der Waals surface area contributed by atoms with E-state index in [9.17, 15) is 0 Å². The molecule has 0 radical (unpaired) electrons. The molecule has 3 rings (SSSR count). The summed E-state index contributed by atoms with van der Waals surface area (Å²) in [4.78, 5) is 2.41. The Kier molecular flexibility index (Phi) is 12.9. The van der Waals surface area contributed by atoms with E-state index in [1.807, 2.05) is 6.07 Å². The molecular weight excluding hydrogens is 516 g/mol. The Morgan fingerprint density at radius 3 is 2.25 bits per heavy atom. The van der Waals surface area contributed by atoms with E-state index < -0.39 is 8.07 Å². The lowest BCUT2D eigenvalue weighted by molar-refractivity contribution is 0.0342. The molecule has 1 aliphatic heterocycles. The lowest BCUT2D eigenvalue weighted by Gasteiger charge is -2.26. The first-order valence-corrected chi connectivity index (χ1v) is 18.2. The van der Waals surface area contributed by atoms with Crippen molar-refractivity contribution in [2.45, 2.75) is 72.1 Å². The minimum Gasteiger partial charge on any atom is -0.493 e. The van der Waals surface area contributed by atoms with E-state index in [2.05, 4.69) is 90.6 Å². The number of benzene rings is 2. The molecule has 1 aliphatic rings. The zero-order chi connectivity index (χ0) is 28.8. The summed E-state index contributed by atoms with van der Waals surface area (Å²) < 4.78 is 18.0. The number of morpholine rings is 1. The van der Waals surface area contributed by atoms with Gasteiger partial charge in [-0.1, -0.05) is 58.5 Å². The van der Waals surface area contributed by atoms with Gasteiger partial charge in [0.05, 0.1) is 32.0 Å². The minimum absolute atomic E-state index is 0.548. The van der Waals surface area contributed by atoms with Gasteiger partial charge in [-0.15, -0.1) is 11.5 Å². The summed E-state index contributed by atoms with van der Waals surface area (Å²) >= 11 is 0. The third-order valence-corrected chi connectivity index (χ3v) is 7.45. The van der Waals surface area contributed by atoms with Gasteiger partial charge in [-0.25, -0.2) is 0 Å². The molecule has 8 heteroatoms. The van der Waals surface area contributed by atoms with Crippen molar-refractivity contribution in [3.63, 3.8) is 0 Å². The molecule has 1 heterocycles. The van der Waals surface area contributed by atoms with E-state index in [1.165, 1.54) is 5.56 Å². The van der Waals surface area contributed by atoms with Gasteiger partial charge in [0.2, 0.25) is 0 Å². The van der Waals surface area contributed by atoms with Crippen molar-refractivity contribution in [1.82, 2.24) is 4.90 Å². The SMILES string of the molecule is CCCCOc1cc(OCCCC)c(/C(=N/N)Nc2ccc(CN3CCOCC3)cc2)cc1CC#C[Si](C)(C)C. The first kappa shape index (κ1) is 31.5. The Labute approximate surface area is 242 Å². The quantitative estimate of drug-likeness (QED) is 0.0588. The number of amidine groups is 1. The van der Waals surface area contributed by atoms with Crippen molar-refractivity contribution in [1.29, 1.82) is 0 Å². The molecule has 7 nitrogen and oxygen atoms in total. The number of anilines is 1. The first-order chi connectivity index (χ1) is 19.3. The normalized spacial score (nSPS) is 14.4. The zero-order valence-corrected chi connectivity index (χ0v) is 26.1. The predicted molar refractivity (Wildman–Crippen MR) is 169 cm³/mol. The summed E-state index contributed by atoms with van der Waals surface area (Å²) in [5.41, 5.74) is 7.48. The molecule has 0 unspecified atom stereocenters.